The summed E-state index contributed by atoms with van der Waals surface area (Å²) >= 11 is 0. The minimum Gasteiger partial charge on any atom is -0.481 e. The molecule has 0 amide bonds. The van der Waals surface area contributed by atoms with Crippen LogP contribution >= 0.6 is 0 Å². The SMILES string of the molecule is CN1CCC(c2ccc(F)c(F)c2)C(C(=O)O)C1. The van der Waals surface area contributed by atoms with Crippen molar-refractivity contribution in [2.45, 2.75) is 12.3 Å². The van der Waals surface area contributed by atoms with Crippen molar-refractivity contribution >= 4 is 5.97 Å². The molecule has 3 nitrogen and oxygen atoms in total. The number of halogens is 2. The normalized spacial score (nSPS) is 25.1. The van der Waals surface area contributed by atoms with Crippen LogP contribution in [0.2, 0.25) is 0 Å². The molecule has 1 aromatic carbocycles. The van der Waals surface area contributed by atoms with E-state index >= 15 is 0 Å². The second-order valence-corrected chi connectivity index (χ2v) is 4.78. The highest BCUT2D eigenvalue weighted by molar-refractivity contribution is 5.72. The quantitative estimate of drug-likeness (QED) is 0.879. The number of carbonyl (C=O) groups is 1. The van der Waals surface area contributed by atoms with Crippen molar-refractivity contribution in [2.75, 3.05) is 20.1 Å². The first kappa shape index (κ1) is 13.0. The van der Waals surface area contributed by atoms with Crippen LogP contribution in [0.25, 0.3) is 0 Å². The van der Waals surface area contributed by atoms with Gasteiger partial charge >= 0.3 is 5.97 Å². The molecule has 98 valence electrons. The number of rotatable bonds is 2. The Bertz CT molecular complexity index is 464. The Hall–Kier alpha value is -1.49. The summed E-state index contributed by atoms with van der Waals surface area (Å²) in [6.07, 6.45) is 0.637. The van der Waals surface area contributed by atoms with E-state index in [0.717, 1.165) is 18.7 Å². The highest BCUT2D eigenvalue weighted by atomic mass is 19.2. The molecule has 0 spiro atoms. The van der Waals surface area contributed by atoms with Gasteiger partial charge in [0.05, 0.1) is 5.92 Å². The maximum absolute atomic E-state index is 13.2. The van der Waals surface area contributed by atoms with E-state index in [1.165, 1.54) is 6.07 Å². The Labute approximate surface area is 104 Å². The molecule has 2 rings (SSSR count). The van der Waals surface area contributed by atoms with E-state index in [0.29, 0.717) is 18.5 Å². The van der Waals surface area contributed by atoms with Crippen LogP contribution in [-0.2, 0) is 4.79 Å². The summed E-state index contributed by atoms with van der Waals surface area (Å²) in [5.41, 5.74) is 0.564. The van der Waals surface area contributed by atoms with E-state index in [-0.39, 0.29) is 5.92 Å². The van der Waals surface area contributed by atoms with Gasteiger partial charge < -0.3 is 10.0 Å². The molecule has 1 aliphatic rings. The van der Waals surface area contributed by atoms with Crippen molar-refractivity contribution in [2.24, 2.45) is 5.92 Å². The summed E-state index contributed by atoms with van der Waals surface area (Å²) in [6, 6.07) is 3.65. The van der Waals surface area contributed by atoms with Gasteiger partial charge in [0.1, 0.15) is 0 Å². The number of benzene rings is 1. The molecule has 0 aromatic heterocycles. The van der Waals surface area contributed by atoms with E-state index in [1.54, 1.807) is 0 Å². The van der Waals surface area contributed by atoms with Crippen molar-refractivity contribution in [3.63, 3.8) is 0 Å². The summed E-state index contributed by atoms with van der Waals surface area (Å²) < 4.78 is 26.1. The fourth-order valence-electron chi connectivity index (χ4n) is 2.51. The van der Waals surface area contributed by atoms with Crippen molar-refractivity contribution < 1.29 is 18.7 Å². The Morgan fingerprint density at radius 3 is 2.72 bits per heavy atom. The number of nitrogens with zero attached hydrogens (tertiary/aromatic N) is 1. The van der Waals surface area contributed by atoms with E-state index in [9.17, 15) is 18.7 Å². The second kappa shape index (κ2) is 5.02. The molecule has 1 heterocycles. The lowest BCUT2D eigenvalue weighted by molar-refractivity contribution is -0.144. The maximum atomic E-state index is 13.2. The van der Waals surface area contributed by atoms with Gasteiger partial charge in [0.15, 0.2) is 11.6 Å². The molecule has 2 unspecified atom stereocenters. The summed E-state index contributed by atoms with van der Waals surface area (Å²) in [5, 5.41) is 9.22. The first-order valence-corrected chi connectivity index (χ1v) is 5.85. The van der Waals surface area contributed by atoms with Gasteiger partial charge in [0, 0.05) is 6.54 Å². The Morgan fingerprint density at radius 2 is 2.11 bits per heavy atom. The number of hydrogen-bond acceptors (Lipinski definition) is 2. The van der Waals surface area contributed by atoms with E-state index in [1.807, 2.05) is 11.9 Å². The number of hydrogen-bond donors (Lipinski definition) is 1. The van der Waals surface area contributed by atoms with Crippen molar-refractivity contribution in [3.8, 4) is 0 Å². The fourth-order valence-corrected chi connectivity index (χ4v) is 2.51. The number of likely N-dealkylation sites (tertiary alicyclic amines) is 1. The summed E-state index contributed by atoms with van der Waals surface area (Å²) in [4.78, 5) is 13.2. The standard InChI is InChI=1S/C13H15F2NO2/c1-16-5-4-9(10(7-16)13(17)18)8-2-3-11(14)12(15)6-8/h2-3,6,9-10H,4-5,7H2,1H3,(H,17,18). The zero-order chi connectivity index (χ0) is 13.3. The van der Waals surface area contributed by atoms with Crippen LogP contribution in [0.3, 0.4) is 0 Å². The van der Waals surface area contributed by atoms with E-state index in [2.05, 4.69) is 0 Å². The highest BCUT2D eigenvalue weighted by Gasteiger charge is 2.34. The van der Waals surface area contributed by atoms with Gasteiger partial charge in [0.2, 0.25) is 0 Å². The number of carboxylic acids is 1. The van der Waals surface area contributed by atoms with Gasteiger partial charge in [-0.15, -0.1) is 0 Å². The first-order valence-electron chi connectivity index (χ1n) is 5.85. The molecule has 1 fully saturated rings. The van der Waals surface area contributed by atoms with Gasteiger partial charge in [-0.2, -0.15) is 0 Å². The van der Waals surface area contributed by atoms with Crippen LogP contribution in [0, 0.1) is 17.6 Å². The van der Waals surface area contributed by atoms with Crippen LogP contribution in [-0.4, -0.2) is 36.1 Å². The molecule has 0 bridgehead atoms. The van der Waals surface area contributed by atoms with Crippen LogP contribution in [0.5, 0.6) is 0 Å². The lowest BCUT2D eigenvalue weighted by Crippen LogP contribution is -2.40. The molecule has 0 aliphatic carbocycles. The van der Waals surface area contributed by atoms with E-state index < -0.39 is 23.5 Å². The lowest BCUT2D eigenvalue weighted by atomic mass is 9.80. The van der Waals surface area contributed by atoms with E-state index in [4.69, 9.17) is 0 Å². The Balaban J connectivity index is 2.29. The third kappa shape index (κ3) is 2.51. The summed E-state index contributed by atoms with van der Waals surface area (Å²) in [6.45, 7) is 1.19. The first-order chi connectivity index (χ1) is 8.49. The Kier molecular flexibility index (Phi) is 3.61. The van der Waals surface area contributed by atoms with Crippen LogP contribution in [0.1, 0.15) is 17.9 Å². The highest BCUT2D eigenvalue weighted by Crippen LogP contribution is 2.33. The van der Waals surface area contributed by atoms with Gasteiger partial charge in [-0.25, -0.2) is 8.78 Å². The smallest absolute Gasteiger partial charge is 0.308 e. The molecule has 2 atom stereocenters. The van der Waals surface area contributed by atoms with Crippen molar-refractivity contribution in [1.29, 1.82) is 0 Å². The molecule has 18 heavy (non-hydrogen) atoms. The zero-order valence-corrected chi connectivity index (χ0v) is 10.1. The molecule has 1 N–H and O–H groups in total. The van der Waals surface area contributed by atoms with Crippen molar-refractivity contribution in [1.82, 2.24) is 4.90 Å². The third-order valence-corrected chi connectivity index (χ3v) is 3.50. The summed E-state index contributed by atoms with van der Waals surface area (Å²) in [5.74, 6) is -3.55. The zero-order valence-electron chi connectivity index (χ0n) is 10.1. The lowest BCUT2D eigenvalue weighted by Gasteiger charge is -2.34. The molecule has 1 saturated heterocycles. The predicted octanol–water partition coefficient (Wildman–Crippen LogP) is 2.08. The molecular weight excluding hydrogens is 240 g/mol. The number of aliphatic carboxylic acids is 1. The fraction of sp³-hybridized carbons (Fsp3) is 0.462. The average molecular weight is 255 g/mol. The van der Waals surface area contributed by atoms with Crippen LogP contribution < -0.4 is 0 Å². The maximum Gasteiger partial charge on any atom is 0.308 e. The average Bonchev–Trinajstić information content (AvgIpc) is 2.32. The molecule has 5 heteroatoms. The minimum atomic E-state index is -0.921. The van der Waals surface area contributed by atoms with Crippen molar-refractivity contribution in [3.05, 3.63) is 35.4 Å². The minimum absolute atomic E-state index is 0.256. The number of piperidine rings is 1. The molecule has 0 saturated carbocycles. The van der Waals surface area contributed by atoms with Gasteiger partial charge in [0.25, 0.3) is 0 Å². The Morgan fingerprint density at radius 1 is 1.39 bits per heavy atom. The van der Waals surface area contributed by atoms with Gasteiger partial charge in [-0.1, -0.05) is 6.07 Å². The van der Waals surface area contributed by atoms with Gasteiger partial charge in [-0.05, 0) is 43.6 Å². The summed E-state index contributed by atoms with van der Waals surface area (Å²) in [7, 11) is 1.86. The van der Waals surface area contributed by atoms with Crippen LogP contribution in [0.15, 0.2) is 18.2 Å². The predicted molar refractivity (Wildman–Crippen MR) is 62.3 cm³/mol. The molecule has 1 aliphatic heterocycles. The number of carboxylic acid groups (broad SMARTS) is 1. The van der Waals surface area contributed by atoms with Gasteiger partial charge in [-0.3, -0.25) is 4.79 Å². The molecular formula is C13H15F2NO2. The van der Waals surface area contributed by atoms with Crippen LogP contribution in [0.4, 0.5) is 8.78 Å². The topological polar surface area (TPSA) is 40.5 Å². The third-order valence-electron chi connectivity index (χ3n) is 3.50. The molecule has 0 radical (unpaired) electrons. The monoisotopic (exact) mass is 255 g/mol. The molecule has 1 aromatic rings. The second-order valence-electron chi connectivity index (χ2n) is 4.78. The largest absolute Gasteiger partial charge is 0.481 e.